The molecule has 2 saturated heterocycles. The van der Waals surface area contributed by atoms with Gasteiger partial charge in [-0.15, -0.1) is 0 Å². The molecule has 3 saturated carbocycles. The van der Waals surface area contributed by atoms with Crippen molar-refractivity contribution < 1.29 is 4.79 Å². The molecule has 7 unspecified atom stereocenters. The number of rotatable bonds is 4. The van der Waals surface area contributed by atoms with Crippen molar-refractivity contribution >= 4 is 11.7 Å². The van der Waals surface area contributed by atoms with Gasteiger partial charge >= 0.3 is 0 Å². The quantitative estimate of drug-likeness (QED) is 0.408. The van der Waals surface area contributed by atoms with Crippen LogP contribution >= 0.6 is 0 Å². The van der Waals surface area contributed by atoms with Crippen molar-refractivity contribution in [2.75, 3.05) is 13.1 Å². The molecule has 6 nitrogen and oxygen atoms in total. The Labute approximate surface area is 188 Å². The standard InChI is InChI=1S/C25H43N5O/c26-24(27)19-6-5-18-14-23(25(31)29-20-9-11-28-12-10-20)30(22(18)15-19)21-8-7-16-3-1-2-4-17(16)13-21/h16-23,28H,1-15H2,(H3,26,27)(H,29,31). The summed E-state index contributed by atoms with van der Waals surface area (Å²) in [6.07, 6.45) is 15.8. The Morgan fingerprint density at radius 2 is 1.61 bits per heavy atom. The average molecular weight is 430 g/mol. The molecule has 2 aliphatic heterocycles. The van der Waals surface area contributed by atoms with E-state index in [9.17, 15) is 4.79 Å². The zero-order valence-corrected chi connectivity index (χ0v) is 19.2. The van der Waals surface area contributed by atoms with Crippen molar-refractivity contribution in [2.45, 2.75) is 108 Å². The zero-order chi connectivity index (χ0) is 21.4. The maximum absolute atomic E-state index is 13.6. The summed E-state index contributed by atoms with van der Waals surface area (Å²) in [5, 5.41) is 14.9. The number of amides is 1. The Kier molecular flexibility index (Phi) is 6.57. The van der Waals surface area contributed by atoms with Crippen molar-refractivity contribution in [3.63, 3.8) is 0 Å². The molecular formula is C25H43N5O. The summed E-state index contributed by atoms with van der Waals surface area (Å²) in [5.41, 5.74) is 5.96. The highest BCUT2D eigenvalue weighted by molar-refractivity contribution is 5.83. The minimum Gasteiger partial charge on any atom is -0.387 e. The number of likely N-dealkylation sites (tertiary alicyclic amines) is 1. The molecule has 0 aromatic rings. The summed E-state index contributed by atoms with van der Waals surface area (Å²) >= 11 is 0. The first-order valence-corrected chi connectivity index (χ1v) is 13.2. The lowest BCUT2D eigenvalue weighted by atomic mass is 9.68. The fraction of sp³-hybridized carbons (Fsp3) is 0.920. The third kappa shape index (κ3) is 4.52. The van der Waals surface area contributed by atoms with Crippen LogP contribution in [-0.2, 0) is 4.79 Å². The summed E-state index contributed by atoms with van der Waals surface area (Å²) in [7, 11) is 0. The van der Waals surface area contributed by atoms with Gasteiger partial charge in [0.25, 0.3) is 0 Å². The Hall–Kier alpha value is -1.14. The number of hydrogen-bond acceptors (Lipinski definition) is 4. The number of nitrogens with zero attached hydrogens (tertiary/aromatic N) is 1. The van der Waals surface area contributed by atoms with Crippen molar-refractivity contribution in [3.8, 4) is 0 Å². The number of fused-ring (bicyclic) bond motifs is 2. The first-order chi connectivity index (χ1) is 15.1. The lowest BCUT2D eigenvalue weighted by Gasteiger charge is -2.47. The highest BCUT2D eigenvalue weighted by Gasteiger charge is 2.51. The van der Waals surface area contributed by atoms with E-state index in [4.69, 9.17) is 11.1 Å². The van der Waals surface area contributed by atoms with Gasteiger partial charge in [0.2, 0.25) is 5.91 Å². The molecule has 5 aliphatic rings. The third-order valence-electron chi connectivity index (χ3n) is 9.59. The maximum Gasteiger partial charge on any atom is 0.237 e. The van der Waals surface area contributed by atoms with Crippen LogP contribution in [0.25, 0.3) is 0 Å². The van der Waals surface area contributed by atoms with Gasteiger partial charge in [0.05, 0.1) is 11.9 Å². The van der Waals surface area contributed by atoms with E-state index in [1.54, 1.807) is 0 Å². The van der Waals surface area contributed by atoms with E-state index >= 15 is 0 Å². The van der Waals surface area contributed by atoms with Crippen LogP contribution in [0.15, 0.2) is 0 Å². The van der Waals surface area contributed by atoms with Crippen LogP contribution in [0.1, 0.15) is 83.5 Å². The predicted molar refractivity (Wildman–Crippen MR) is 124 cm³/mol. The van der Waals surface area contributed by atoms with Crippen molar-refractivity contribution in [1.29, 1.82) is 5.41 Å². The fourth-order valence-electron chi connectivity index (χ4n) is 7.92. The van der Waals surface area contributed by atoms with Gasteiger partial charge < -0.3 is 16.4 Å². The minimum absolute atomic E-state index is 0.0285. The molecule has 7 atom stereocenters. The number of amidine groups is 1. The molecule has 0 bridgehead atoms. The summed E-state index contributed by atoms with van der Waals surface area (Å²) in [5.74, 6) is 3.25. The number of nitrogens with two attached hydrogens (primary N) is 1. The molecule has 3 aliphatic carbocycles. The SMILES string of the molecule is N=C(N)C1CCC2CC(C(=O)NC3CCNCC3)N(C3CCC4CCCCC4C3)C2C1. The van der Waals surface area contributed by atoms with Crippen LogP contribution in [0.4, 0.5) is 0 Å². The van der Waals surface area contributed by atoms with E-state index in [1.165, 1.54) is 44.9 Å². The molecule has 174 valence electrons. The van der Waals surface area contributed by atoms with Crippen LogP contribution in [0.2, 0.25) is 0 Å². The molecular weight excluding hydrogens is 386 g/mol. The largest absolute Gasteiger partial charge is 0.387 e. The molecule has 0 spiro atoms. The van der Waals surface area contributed by atoms with Crippen molar-refractivity contribution in [3.05, 3.63) is 0 Å². The third-order valence-corrected chi connectivity index (χ3v) is 9.59. The summed E-state index contributed by atoms with van der Waals surface area (Å²) in [4.78, 5) is 16.2. The molecule has 5 rings (SSSR count). The Morgan fingerprint density at radius 1 is 0.871 bits per heavy atom. The molecule has 6 heteroatoms. The minimum atomic E-state index is 0.0285. The Balaban J connectivity index is 1.34. The van der Waals surface area contributed by atoms with Gasteiger partial charge in [0, 0.05) is 24.0 Å². The highest BCUT2D eigenvalue weighted by Crippen LogP contribution is 2.48. The molecule has 0 radical (unpaired) electrons. The highest BCUT2D eigenvalue weighted by atomic mass is 16.2. The summed E-state index contributed by atoms with van der Waals surface area (Å²) in [6, 6.07) is 1.35. The molecule has 1 amide bonds. The van der Waals surface area contributed by atoms with Crippen LogP contribution in [-0.4, -0.2) is 53.9 Å². The second-order valence-corrected chi connectivity index (χ2v) is 11.3. The predicted octanol–water partition coefficient (Wildman–Crippen LogP) is 3.01. The number of piperidine rings is 1. The van der Waals surface area contributed by atoms with Gasteiger partial charge in [0.15, 0.2) is 0 Å². The Bertz CT molecular complexity index is 662. The molecule has 2 heterocycles. The first-order valence-electron chi connectivity index (χ1n) is 13.2. The van der Waals surface area contributed by atoms with Gasteiger partial charge in [0.1, 0.15) is 0 Å². The number of carbonyl (C=O) groups is 1. The second-order valence-electron chi connectivity index (χ2n) is 11.3. The summed E-state index contributed by atoms with van der Waals surface area (Å²) < 4.78 is 0. The van der Waals surface area contributed by atoms with Crippen molar-refractivity contribution in [2.24, 2.45) is 29.4 Å². The molecule has 0 aromatic carbocycles. The van der Waals surface area contributed by atoms with Gasteiger partial charge in [-0.25, -0.2) is 0 Å². The van der Waals surface area contributed by atoms with Crippen LogP contribution < -0.4 is 16.4 Å². The zero-order valence-electron chi connectivity index (χ0n) is 19.2. The average Bonchev–Trinajstić information content (AvgIpc) is 3.18. The van der Waals surface area contributed by atoms with E-state index in [0.717, 1.165) is 63.5 Å². The molecule has 0 aromatic heterocycles. The van der Waals surface area contributed by atoms with E-state index in [-0.39, 0.29) is 17.9 Å². The molecule has 5 fully saturated rings. The molecule has 31 heavy (non-hydrogen) atoms. The van der Waals surface area contributed by atoms with E-state index in [1.807, 2.05) is 0 Å². The Morgan fingerprint density at radius 3 is 2.39 bits per heavy atom. The topological polar surface area (TPSA) is 94.2 Å². The van der Waals surface area contributed by atoms with Crippen LogP contribution in [0, 0.1) is 29.1 Å². The monoisotopic (exact) mass is 429 g/mol. The van der Waals surface area contributed by atoms with Gasteiger partial charge in [-0.2, -0.15) is 0 Å². The lowest BCUT2D eigenvalue weighted by molar-refractivity contribution is -0.128. The second kappa shape index (κ2) is 9.38. The van der Waals surface area contributed by atoms with E-state index in [0.29, 0.717) is 29.9 Å². The molecule has 5 N–H and O–H groups in total. The van der Waals surface area contributed by atoms with Crippen molar-refractivity contribution in [1.82, 2.24) is 15.5 Å². The first kappa shape index (κ1) is 21.7. The summed E-state index contributed by atoms with van der Waals surface area (Å²) in [6.45, 7) is 2.02. The van der Waals surface area contributed by atoms with Gasteiger partial charge in [-0.1, -0.05) is 25.7 Å². The van der Waals surface area contributed by atoms with E-state index < -0.39 is 0 Å². The maximum atomic E-state index is 13.6. The van der Waals surface area contributed by atoms with E-state index in [2.05, 4.69) is 15.5 Å². The number of nitrogens with one attached hydrogen (secondary N) is 3. The van der Waals surface area contributed by atoms with Crippen LogP contribution in [0.3, 0.4) is 0 Å². The number of hydrogen-bond donors (Lipinski definition) is 4. The van der Waals surface area contributed by atoms with Gasteiger partial charge in [-0.05, 0) is 88.6 Å². The lowest BCUT2D eigenvalue weighted by Crippen LogP contribution is -2.56. The van der Waals surface area contributed by atoms with Crippen LogP contribution in [0.5, 0.6) is 0 Å². The fourth-order valence-corrected chi connectivity index (χ4v) is 7.92. The van der Waals surface area contributed by atoms with Gasteiger partial charge in [-0.3, -0.25) is 15.1 Å². The number of carbonyl (C=O) groups excluding carboxylic acids is 1. The normalized spacial score (nSPS) is 41.9. The smallest absolute Gasteiger partial charge is 0.237 e.